The van der Waals surface area contributed by atoms with E-state index < -0.39 is 9.84 Å². The van der Waals surface area contributed by atoms with Gasteiger partial charge in [0.1, 0.15) is 0 Å². The van der Waals surface area contributed by atoms with Crippen LogP contribution in [0.4, 0.5) is 11.4 Å². The molecule has 0 unspecified atom stereocenters. The number of benzene rings is 2. The third-order valence-corrected chi connectivity index (χ3v) is 4.31. The molecule has 7 heteroatoms. The first-order valence-electron chi connectivity index (χ1n) is 5.23. The van der Waals surface area contributed by atoms with E-state index in [4.69, 9.17) is 10.8 Å². The van der Waals surface area contributed by atoms with Gasteiger partial charge in [-0.15, -0.1) is 0 Å². The SMILES string of the molecule is N#[N+]c1ccc(S(=O)(=O)c2ccc([N+]#N)cc2)cc1. The predicted molar refractivity (Wildman–Crippen MR) is 67.8 cm³/mol. The van der Waals surface area contributed by atoms with Crippen LogP contribution in [0.1, 0.15) is 0 Å². The third-order valence-electron chi connectivity index (χ3n) is 2.52. The van der Waals surface area contributed by atoms with E-state index in [9.17, 15) is 8.42 Å². The summed E-state index contributed by atoms with van der Waals surface area (Å²) in [6.45, 7) is 0. The highest BCUT2D eigenvalue weighted by atomic mass is 32.2. The van der Waals surface area contributed by atoms with Crippen molar-refractivity contribution in [2.75, 3.05) is 0 Å². The highest BCUT2D eigenvalue weighted by Gasteiger charge is 2.19. The molecule has 0 spiro atoms. The maximum Gasteiger partial charge on any atom is 0.385 e. The molecule has 0 saturated carbocycles. The highest BCUT2D eigenvalue weighted by Crippen LogP contribution is 2.24. The van der Waals surface area contributed by atoms with E-state index >= 15 is 0 Å². The Morgan fingerprint density at radius 2 is 1.00 bits per heavy atom. The normalized spacial score (nSPS) is 10.4. The van der Waals surface area contributed by atoms with Crippen molar-refractivity contribution >= 4 is 21.2 Å². The summed E-state index contributed by atoms with van der Waals surface area (Å²) >= 11 is 0. The molecule has 0 aromatic heterocycles. The number of nitrogens with zero attached hydrogens (tertiary/aromatic N) is 4. The summed E-state index contributed by atoms with van der Waals surface area (Å²) in [6.07, 6.45) is 0. The van der Waals surface area contributed by atoms with Gasteiger partial charge in [0.25, 0.3) is 0 Å². The van der Waals surface area contributed by atoms with Gasteiger partial charge in [0.2, 0.25) is 20.6 Å². The van der Waals surface area contributed by atoms with Crippen molar-refractivity contribution in [3.8, 4) is 0 Å². The molecule has 2 aromatic carbocycles. The Hall–Kier alpha value is -2.77. The topological polar surface area (TPSA) is 90.4 Å². The monoisotopic (exact) mass is 272 g/mol. The van der Waals surface area contributed by atoms with E-state index in [-0.39, 0.29) is 21.2 Å². The summed E-state index contributed by atoms with van der Waals surface area (Å²) in [6, 6.07) is 11.0. The van der Waals surface area contributed by atoms with Crippen molar-refractivity contribution in [1.82, 2.24) is 0 Å². The van der Waals surface area contributed by atoms with E-state index in [1.54, 1.807) is 0 Å². The maximum atomic E-state index is 12.2. The first kappa shape index (κ1) is 12.7. The Balaban J connectivity index is 2.46. The fourth-order valence-corrected chi connectivity index (χ4v) is 2.78. The van der Waals surface area contributed by atoms with E-state index in [1.165, 1.54) is 48.5 Å². The van der Waals surface area contributed by atoms with Gasteiger partial charge in [0, 0.05) is 24.3 Å². The molecule has 0 radical (unpaired) electrons. The fourth-order valence-electron chi connectivity index (χ4n) is 1.52. The number of hydrogen-bond acceptors (Lipinski definition) is 4. The summed E-state index contributed by atoms with van der Waals surface area (Å²) in [5.74, 6) is 0. The molecule has 2 rings (SSSR count). The van der Waals surface area contributed by atoms with Crippen molar-refractivity contribution < 1.29 is 8.42 Å². The third kappa shape index (κ3) is 2.41. The second kappa shape index (κ2) is 4.84. The van der Waals surface area contributed by atoms with Gasteiger partial charge in [-0.3, -0.25) is 0 Å². The lowest BCUT2D eigenvalue weighted by Gasteiger charge is -2.02. The maximum absolute atomic E-state index is 12.2. The van der Waals surface area contributed by atoms with E-state index in [2.05, 4.69) is 9.95 Å². The van der Waals surface area contributed by atoms with Crippen LogP contribution in [-0.4, -0.2) is 8.42 Å². The van der Waals surface area contributed by atoms with Gasteiger partial charge in [-0.2, -0.15) is 0 Å². The Kier molecular flexibility index (Phi) is 3.23. The molecule has 0 bridgehead atoms. The van der Waals surface area contributed by atoms with Crippen LogP contribution in [0.2, 0.25) is 0 Å². The van der Waals surface area contributed by atoms with Gasteiger partial charge in [-0.1, -0.05) is 0 Å². The van der Waals surface area contributed by atoms with Crippen LogP contribution in [0.25, 0.3) is 9.95 Å². The predicted octanol–water partition coefficient (Wildman–Crippen LogP) is 3.49. The van der Waals surface area contributed by atoms with Gasteiger partial charge in [0.15, 0.2) is 9.95 Å². The van der Waals surface area contributed by atoms with Crippen molar-refractivity contribution in [3.63, 3.8) is 0 Å². The van der Waals surface area contributed by atoms with E-state index in [0.29, 0.717) is 0 Å². The molecule has 0 aliphatic heterocycles. The minimum atomic E-state index is -3.64. The van der Waals surface area contributed by atoms with Crippen LogP contribution in [-0.2, 0) is 9.84 Å². The van der Waals surface area contributed by atoms with Crippen LogP contribution >= 0.6 is 0 Å². The van der Waals surface area contributed by atoms with Crippen molar-refractivity contribution in [2.24, 2.45) is 0 Å². The first-order chi connectivity index (χ1) is 9.07. The molecule has 0 amide bonds. The summed E-state index contributed by atoms with van der Waals surface area (Å²) in [5, 5.41) is 17.1. The largest absolute Gasteiger partial charge is 0.385 e. The van der Waals surface area contributed by atoms with Crippen LogP contribution in [0, 0.1) is 10.8 Å². The average Bonchev–Trinajstić information content (AvgIpc) is 2.47. The molecule has 0 aliphatic rings. The molecule has 0 heterocycles. The fraction of sp³-hybridized carbons (Fsp3) is 0. The molecule has 6 nitrogen and oxygen atoms in total. The highest BCUT2D eigenvalue weighted by molar-refractivity contribution is 7.91. The standard InChI is InChI=1S/C12H8N4O2S/c13-15-9-1-5-11(6-2-9)19(17,18)12-7-3-10(16-14)4-8-12/h1-8H/q+2. The van der Waals surface area contributed by atoms with Gasteiger partial charge >= 0.3 is 11.4 Å². The molecular weight excluding hydrogens is 264 g/mol. The smallest absolute Gasteiger partial charge is 0.219 e. The van der Waals surface area contributed by atoms with Crippen molar-refractivity contribution in [3.05, 3.63) is 58.5 Å². The lowest BCUT2D eigenvalue weighted by Crippen LogP contribution is -2.01. The lowest BCUT2D eigenvalue weighted by molar-refractivity contribution is 0.596. The molecule has 0 N–H and O–H groups in total. The van der Waals surface area contributed by atoms with Crippen LogP contribution in [0.15, 0.2) is 58.3 Å². The second-order valence-electron chi connectivity index (χ2n) is 3.69. The van der Waals surface area contributed by atoms with Crippen molar-refractivity contribution in [1.29, 1.82) is 10.8 Å². The number of rotatable bonds is 2. The Labute approximate surface area is 109 Å². The Morgan fingerprint density at radius 3 is 1.26 bits per heavy atom. The van der Waals surface area contributed by atoms with Crippen LogP contribution in [0.5, 0.6) is 0 Å². The van der Waals surface area contributed by atoms with Gasteiger partial charge in [-0.25, -0.2) is 8.42 Å². The summed E-state index contributed by atoms with van der Waals surface area (Å²) in [7, 11) is -3.64. The lowest BCUT2D eigenvalue weighted by atomic mass is 10.3. The average molecular weight is 272 g/mol. The van der Waals surface area contributed by atoms with Crippen LogP contribution < -0.4 is 0 Å². The molecule has 0 fully saturated rings. The molecule has 19 heavy (non-hydrogen) atoms. The molecule has 0 aliphatic carbocycles. The number of sulfone groups is 1. The quantitative estimate of drug-likeness (QED) is 0.782. The number of hydrogen-bond donors (Lipinski definition) is 0. The molecular formula is C12H8N4O2S+2. The number of diazo groups is 2. The zero-order valence-corrected chi connectivity index (χ0v) is 10.4. The Morgan fingerprint density at radius 1 is 0.684 bits per heavy atom. The molecule has 92 valence electrons. The molecule has 2 aromatic rings. The second-order valence-corrected chi connectivity index (χ2v) is 5.64. The van der Waals surface area contributed by atoms with Gasteiger partial charge in [-0.05, 0) is 24.3 Å². The zero-order chi connectivity index (χ0) is 13.9. The van der Waals surface area contributed by atoms with Gasteiger partial charge < -0.3 is 0 Å². The zero-order valence-electron chi connectivity index (χ0n) is 9.63. The first-order valence-corrected chi connectivity index (χ1v) is 6.71. The summed E-state index contributed by atoms with van der Waals surface area (Å²) < 4.78 is 24.5. The van der Waals surface area contributed by atoms with E-state index in [1.807, 2.05) is 0 Å². The summed E-state index contributed by atoms with van der Waals surface area (Å²) in [5.41, 5.74) is 0.543. The summed E-state index contributed by atoms with van der Waals surface area (Å²) in [4.78, 5) is 6.09. The molecule has 0 saturated heterocycles. The van der Waals surface area contributed by atoms with Gasteiger partial charge in [0.05, 0.1) is 9.79 Å². The van der Waals surface area contributed by atoms with Crippen molar-refractivity contribution in [2.45, 2.75) is 9.79 Å². The van der Waals surface area contributed by atoms with Crippen LogP contribution in [0.3, 0.4) is 0 Å². The molecule has 0 atom stereocenters. The van der Waals surface area contributed by atoms with E-state index in [0.717, 1.165) is 0 Å². The minimum Gasteiger partial charge on any atom is -0.219 e. The Bertz CT molecular complexity index is 718. The minimum absolute atomic E-state index is 0.0913.